The van der Waals surface area contributed by atoms with E-state index in [4.69, 9.17) is 0 Å². The monoisotopic (exact) mass is 291 g/mol. The fourth-order valence-electron chi connectivity index (χ4n) is 2.22. The number of carbonyl (C=O) groups is 2. The highest BCUT2D eigenvalue weighted by Gasteiger charge is 2.40. The SMILES string of the molecule is CNCCN(C)C(=O)C1CC(=O)N(C(C)(C)C)C1.Cl. The van der Waals surface area contributed by atoms with Gasteiger partial charge in [-0.05, 0) is 27.8 Å². The Hall–Kier alpha value is -0.810. The van der Waals surface area contributed by atoms with Gasteiger partial charge < -0.3 is 15.1 Å². The first-order chi connectivity index (χ1) is 8.27. The van der Waals surface area contributed by atoms with Crippen LogP contribution in [0.3, 0.4) is 0 Å². The molecule has 6 heteroatoms. The van der Waals surface area contributed by atoms with E-state index in [1.54, 1.807) is 11.9 Å². The zero-order valence-electron chi connectivity index (χ0n) is 12.5. The van der Waals surface area contributed by atoms with Gasteiger partial charge in [0, 0.05) is 38.6 Å². The summed E-state index contributed by atoms with van der Waals surface area (Å²) in [6.45, 7) is 8.00. The maximum Gasteiger partial charge on any atom is 0.227 e. The summed E-state index contributed by atoms with van der Waals surface area (Å²) in [5.41, 5.74) is -0.199. The molecular weight excluding hydrogens is 266 g/mol. The van der Waals surface area contributed by atoms with Crippen molar-refractivity contribution in [1.82, 2.24) is 15.1 Å². The van der Waals surface area contributed by atoms with Gasteiger partial charge in [0.05, 0.1) is 5.92 Å². The normalized spacial score (nSPS) is 19.3. The Balaban J connectivity index is 0.00000324. The molecule has 0 spiro atoms. The highest BCUT2D eigenvalue weighted by atomic mass is 35.5. The Bertz CT molecular complexity index is 328. The standard InChI is InChI=1S/C13H25N3O2.ClH/c1-13(2,3)16-9-10(8-11(16)17)12(18)15(5)7-6-14-4;/h10,14H,6-9H2,1-5H3;1H. The summed E-state index contributed by atoms with van der Waals surface area (Å²) in [4.78, 5) is 27.6. The van der Waals surface area contributed by atoms with E-state index in [1.807, 2.05) is 32.7 Å². The largest absolute Gasteiger partial charge is 0.344 e. The molecule has 1 atom stereocenters. The molecule has 0 aromatic rings. The zero-order chi connectivity index (χ0) is 13.9. The molecule has 0 aliphatic carbocycles. The number of nitrogens with one attached hydrogen (secondary N) is 1. The Morgan fingerprint density at radius 2 is 2.05 bits per heavy atom. The molecule has 1 heterocycles. The molecule has 1 aliphatic heterocycles. The van der Waals surface area contributed by atoms with Crippen LogP contribution in [-0.4, -0.2) is 60.9 Å². The second kappa shape index (κ2) is 7.10. The average Bonchev–Trinajstić information content (AvgIpc) is 2.66. The third kappa shape index (κ3) is 4.66. The lowest BCUT2D eigenvalue weighted by Crippen LogP contribution is -2.43. The third-order valence-electron chi connectivity index (χ3n) is 3.36. The first kappa shape index (κ1) is 18.2. The minimum atomic E-state index is -0.199. The predicted octanol–water partition coefficient (Wildman–Crippen LogP) is 0.733. The van der Waals surface area contributed by atoms with Crippen LogP contribution in [0, 0.1) is 5.92 Å². The molecule has 0 bridgehead atoms. The fourth-order valence-corrected chi connectivity index (χ4v) is 2.22. The molecule has 0 saturated carbocycles. The van der Waals surface area contributed by atoms with Crippen molar-refractivity contribution in [3.63, 3.8) is 0 Å². The summed E-state index contributed by atoms with van der Waals surface area (Å²) in [5, 5.41) is 3.01. The number of amides is 2. The lowest BCUT2D eigenvalue weighted by molar-refractivity contribution is -0.134. The predicted molar refractivity (Wildman–Crippen MR) is 78.4 cm³/mol. The summed E-state index contributed by atoms with van der Waals surface area (Å²) in [5.74, 6) is -0.0215. The van der Waals surface area contributed by atoms with Crippen molar-refractivity contribution in [2.45, 2.75) is 32.7 Å². The Kier molecular flexibility index (Phi) is 6.80. The summed E-state index contributed by atoms with van der Waals surface area (Å²) in [7, 11) is 3.66. The smallest absolute Gasteiger partial charge is 0.227 e. The molecule has 0 aromatic heterocycles. The molecule has 0 radical (unpaired) electrons. The molecule has 112 valence electrons. The van der Waals surface area contributed by atoms with Crippen LogP contribution in [-0.2, 0) is 9.59 Å². The van der Waals surface area contributed by atoms with E-state index in [-0.39, 0.29) is 35.7 Å². The van der Waals surface area contributed by atoms with Crippen LogP contribution in [0.1, 0.15) is 27.2 Å². The van der Waals surface area contributed by atoms with Crippen LogP contribution in [0.5, 0.6) is 0 Å². The van der Waals surface area contributed by atoms with E-state index in [1.165, 1.54) is 0 Å². The maximum atomic E-state index is 12.2. The number of hydrogen-bond donors (Lipinski definition) is 1. The highest BCUT2D eigenvalue weighted by Crippen LogP contribution is 2.26. The lowest BCUT2D eigenvalue weighted by atomic mass is 10.1. The van der Waals surface area contributed by atoms with E-state index in [9.17, 15) is 9.59 Å². The highest BCUT2D eigenvalue weighted by molar-refractivity contribution is 5.89. The number of hydrogen-bond acceptors (Lipinski definition) is 3. The summed E-state index contributed by atoms with van der Waals surface area (Å²) in [6.07, 6.45) is 0.347. The van der Waals surface area contributed by atoms with Crippen molar-refractivity contribution in [1.29, 1.82) is 0 Å². The Morgan fingerprint density at radius 3 is 2.47 bits per heavy atom. The molecule has 2 amide bonds. The minimum absolute atomic E-state index is 0. The van der Waals surface area contributed by atoms with Crippen molar-refractivity contribution >= 4 is 24.2 Å². The van der Waals surface area contributed by atoms with Crippen LogP contribution in [0.15, 0.2) is 0 Å². The van der Waals surface area contributed by atoms with Crippen molar-refractivity contribution in [3.05, 3.63) is 0 Å². The Morgan fingerprint density at radius 1 is 1.47 bits per heavy atom. The van der Waals surface area contributed by atoms with Gasteiger partial charge in [-0.1, -0.05) is 0 Å². The Labute approximate surface area is 122 Å². The van der Waals surface area contributed by atoms with Crippen LogP contribution < -0.4 is 5.32 Å². The third-order valence-corrected chi connectivity index (χ3v) is 3.36. The number of likely N-dealkylation sites (tertiary alicyclic amines) is 1. The van der Waals surface area contributed by atoms with E-state index in [0.717, 1.165) is 6.54 Å². The molecule has 0 aromatic carbocycles. The van der Waals surface area contributed by atoms with Crippen LogP contribution >= 0.6 is 12.4 Å². The van der Waals surface area contributed by atoms with Crippen molar-refractivity contribution in [2.75, 3.05) is 33.7 Å². The van der Waals surface area contributed by atoms with Crippen molar-refractivity contribution in [2.24, 2.45) is 5.92 Å². The van der Waals surface area contributed by atoms with Gasteiger partial charge in [-0.25, -0.2) is 0 Å². The number of nitrogens with zero attached hydrogens (tertiary/aromatic N) is 2. The van der Waals surface area contributed by atoms with Gasteiger partial charge in [0.25, 0.3) is 0 Å². The van der Waals surface area contributed by atoms with Gasteiger partial charge in [0.15, 0.2) is 0 Å². The van der Waals surface area contributed by atoms with Gasteiger partial charge in [0.1, 0.15) is 0 Å². The van der Waals surface area contributed by atoms with Gasteiger partial charge in [-0.2, -0.15) is 0 Å². The van der Waals surface area contributed by atoms with E-state index < -0.39 is 0 Å². The molecule has 19 heavy (non-hydrogen) atoms. The molecule has 1 rings (SSSR count). The number of rotatable bonds is 4. The van der Waals surface area contributed by atoms with Crippen molar-refractivity contribution in [3.8, 4) is 0 Å². The lowest BCUT2D eigenvalue weighted by Gasteiger charge is -2.32. The molecular formula is C13H26ClN3O2. The number of likely N-dealkylation sites (N-methyl/N-ethyl adjacent to an activating group) is 2. The molecule has 1 N–H and O–H groups in total. The molecule has 1 aliphatic rings. The minimum Gasteiger partial charge on any atom is -0.344 e. The van der Waals surface area contributed by atoms with Gasteiger partial charge in [0.2, 0.25) is 11.8 Å². The number of halogens is 1. The van der Waals surface area contributed by atoms with E-state index in [0.29, 0.717) is 19.5 Å². The molecule has 5 nitrogen and oxygen atoms in total. The summed E-state index contributed by atoms with van der Waals surface area (Å²) >= 11 is 0. The fraction of sp³-hybridized carbons (Fsp3) is 0.846. The molecule has 1 unspecified atom stereocenters. The first-order valence-electron chi connectivity index (χ1n) is 6.47. The van der Waals surface area contributed by atoms with Crippen molar-refractivity contribution < 1.29 is 9.59 Å². The molecule has 1 fully saturated rings. The summed E-state index contributed by atoms with van der Waals surface area (Å²) < 4.78 is 0. The van der Waals surface area contributed by atoms with Crippen LogP contribution in [0.25, 0.3) is 0 Å². The topological polar surface area (TPSA) is 52.7 Å². The quantitative estimate of drug-likeness (QED) is 0.831. The second-order valence-corrected chi connectivity index (χ2v) is 5.94. The zero-order valence-corrected chi connectivity index (χ0v) is 13.3. The second-order valence-electron chi connectivity index (χ2n) is 5.94. The van der Waals surface area contributed by atoms with E-state index in [2.05, 4.69) is 5.32 Å². The van der Waals surface area contributed by atoms with Crippen LogP contribution in [0.2, 0.25) is 0 Å². The average molecular weight is 292 g/mol. The molecule has 1 saturated heterocycles. The van der Waals surface area contributed by atoms with Gasteiger partial charge in [-0.15, -0.1) is 12.4 Å². The van der Waals surface area contributed by atoms with Gasteiger partial charge in [-0.3, -0.25) is 9.59 Å². The maximum absolute atomic E-state index is 12.2. The first-order valence-corrected chi connectivity index (χ1v) is 6.47. The number of carbonyl (C=O) groups excluding carboxylic acids is 2. The van der Waals surface area contributed by atoms with Gasteiger partial charge >= 0.3 is 0 Å². The summed E-state index contributed by atoms with van der Waals surface area (Å²) in [6, 6.07) is 0. The van der Waals surface area contributed by atoms with E-state index >= 15 is 0 Å². The van der Waals surface area contributed by atoms with Crippen LogP contribution in [0.4, 0.5) is 0 Å².